The molecule has 6 aromatic rings. The number of aliphatic hydroxyl groups excluding tert-OH is 1. The summed E-state index contributed by atoms with van der Waals surface area (Å²) in [7, 11) is -4.37. The van der Waals surface area contributed by atoms with Crippen molar-refractivity contribution in [2.75, 3.05) is 62.0 Å². The van der Waals surface area contributed by atoms with Crippen molar-refractivity contribution in [2.24, 2.45) is 5.41 Å². The number of unbranched alkanes of at least 4 members (excludes halogenated alkanes) is 1. The van der Waals surface area contributed by atoms with Crippen LogP contribution in [-0.2, 0) is 26.3 Å². The standard InChI is InChI=1S/C56H65F3N10O6S2/c1-34(60-28-36-9-11-38(12-10-36)52-35(2)63-33-76-52)47-27-42(70)32-69(47)55(73)53(56(3,4)5)64-48(71)8-6-7-20-66-22-24-67(25-23-66)41-15-13-37(14-16-41)39-26-43-44(30-62-54(43)61-29-39)51(72)49-45(58)17-18-46(50(49)59)65-77(74,75)68-21-19-40(57)31-68/h9-18,26,29-30,33,40,42,47,53,60,65,70H,1,6-8,19-25,27-28,31-32H2,2-5H3,(H,61,62)(H,64,71)/t40-,42-,47+,53-/m1/s1. The van der Waals surface area contributed by atoms with Gasteiger partial charge in [-0.3, -0.25) is 24.0 Å². The first-order valence-corrected chi connectivity index (χ1v) is 28.3. The molecule has 0 radical (unpaired) electrons. The van der Waals surface area contributed by atoms with Gasteiger partial charge in [-0.05, 0) is 85.2 Å². The Morgan fingerprint density at radius 2 is 1.66 bits per heavy atom. The molecule has 6 heterocycles. The molecule has 3 fully saturated rings. The van der Waals surface area contributed by atoms with E-state index in [9.17, 15) is 32.3 Å². The maximum atomic E-state index is 15.8. The van der Waals surface area contributed by atoms with E-state index in [1.807, 2.05) is 62.2 Å². The third-order valence-corrected chi connectivity index (χ3v) is 17.2. The monoisotopic (exact) mass is 1090 g/mol. The summed E-state index contributed by atoms with van der Waals surface area (Å²) < 4.78 is 73.3. The number of carbonyl (C=O) groups is 3. The number of β-amino-alcohol motifs (C(OH)–C–C–N with tert-alkyl or cyclic N) is 1. The van der Waals surface area contributed by atoms with E-state index in [0.717, 1.165) is 88.5 Å². The highest BCUT2D eigenvalue weighted by molar-refractivity contribution is 7.90. The number of thiazole rings is 1. The van der Waals surface area contributed by atoms with Crippen molar-refractivity contribution in [2.45, 2.75) is 90.7 Å². The van der Waals surface area contributed by atoms with Crippen molar-refractivity contribution in [3.05, 3.63) is 131 Å². The average molecular weight is 1100 g/mol. The molecule has 77 heavy (non-hydrogen) atoms. The first-order chi connectivity index (χ1) is 36.7. The van der Waals surface area contributed by atoms with Crippen molar-refractivity contribution in [1.29, 1.82) is 0 Å². The van der Waals surface area contributed by atoms with Gasteiger partial charge in [-0.25, -0.2) is 23.1 Å². The second kappa shape index (κ2) is 23.1. The number of aromatic nitrogens is 3. The number of hydrogen-bond donors (Lipinski definition) is 5. The number of halogens is 3. The lowest BCUT2D eigenvalue weighted by molar-refractivity contribution is -0.140. The first-order valence-electron chi connectivity index (χ1n) is 25.9. The Morgan fingerprint density at radius 1 is 0.935 bits per heavy atom. The number of aryl methyl sites for hydroxylation is 1. The molecule has 16 nitrogen and oxygen atoms in total. The number of fused-ring (bicyclic) bond motifs is 1. The number of pyridine rings is 1. The Hall–Kier alpha value is -6.65. The van der Waals surface area contributed by atoms with Crippen LogP contribution in [0.3, 0.4) is 0 Å². The summed E-state index contributed by atoms with van der Waals surface area (Å²) in [4.78, 5) is 60.6. The molecule has 9 rings (SSSR count). The van der Waals surface area contributed by atoms with E-state index in [0.29, 0.717) is 41.7 Å². The highest BCUT2D eigenvalue weighted by atomic mass is 32.2. The molecule has 0 aliphatic carbocycles. The molecule has 0 unspecified atom stereocenters. The third-order valence-electron chi connectivity index (χ3n) is 14.7. The van der Waals surface area contributed by atoms with E-state index < -0.39 is 75.2 Å². The summed E-state index contributed by atoms with van der Waals surface area (Å²) >= 11 is 1.61. The number of anilines is 2. The van der Waals surface area contributed by atoms with Crippen LogP contribution in [0.25, 0.3) is 32.6 Å². The summed E-state index contributed by atoms with van der Waals surface area (Å²) in [5, 5.41) is 17.5. The molecular weight excluding hydrogens is 1030 g/mol. The van der Waals surface area contributed by atoms with Crippen LogP contribution in [0.2, 0.25) is 0 Å². The third kappa shape index (κ3) is 12.5. The molecule has 2 amide bonds. The molecule has 4 atom stereocenters. The summed E-state index contributed by atoms with van der Waals surface area (Å²) in [5.74, 6) is -4.02. The first kappa shape index (κ1) is 55.1. The fraction of sp³-hybridized carbons (Fsp3) is 0.411. The Labute approximate surface area is 451 Å². The molecule has 3 aliphatic heterocycles. The Morgan fingerprint density at radius 3 is 2.34 bits per heavy atom. The number of nitrogens with zero attached hydrogens (tertiary/aromatic N) is 6. The van der Waals surface area contributed by atoms with Crippen LogP contribution in [0.5, 0.6) is 0 Å². The highest BCUT2D eigenvalue weighted by Crippen LogP contribution is 2.33. The van der Waals surface area contributed by atoms with Crippen molar-refractivity contribution in [3.63, 3.8) is 0 Å². The zero-order valence-corrected chi connectivity index (χ0v) is 45.3. The lowest BCUT2D eigenvalue weighted by Gasteiger charge is -2.36. The van der Waals surface area contributed by atoms with Gasteiger partial charge in [-0.2, -0.15) is 12.7 Å². The van der Waals surface area contributed by atoms with E-state index >= 15 is 8.78 Å². The van der Waals surface area contributed by atoms with Crippen molar-refractivity contribution >= 4 is 61.6 Å². The number of piperazine rings is 1. The molecule has 3 saturated heterocycles. The van der Waals surface area contributed by atoms with Crippen LogP contribution in [0.1, 0.15) is 80.1 Å². The Balaban J connectivity index is 0.735. The van der Waals surface area contributed by atoms with Crippen LogP contribution in [0.4, 0.5) is 24.5 Å². The minimum atomic E-state index is -4.37. The second-order valence-corrected chi connectivity index (χ2v) is 23.7. The fourth-order valence-corrected chi connectivity index (χ4v) is 12.3. The lowest BCUT2D eigenvalue weighted by atomic mass is 9.85. The van der Waals surface area contributed by atoms with Crippen LogP contribution < -0.4 is 20.3 Å². The smallest absolute Gasteiger partial charge is 0.301 e. The number of carbonyl (C=O) groups excluding carboxylic acids is 3. The van der Waals surface area contributed by atoms with Crippen LogP contribution >= 0.6 is 11.3 Å². The second-order valence-electron chi connectivity index (χ2n) is 21.2. The molecule has 0 spiro atoms. The summed E-state index contributed by atoms with van der Waals surface area (Å²) in [6.45, 7) is 16.3. The van der Waals surface area contributed by atoms with Gasteiger partial charge in [0.1, 0.15) is 23.7 Å². The molecule has 408 valence electrons. The lowest BCUT2D eigenvalue weighted by Crippen LogP contribution is -2.56. The molecule has 5 N–H and O–H groups in total. The number of amides is 2. The Bertz CT molecular complexity index is 3250. The zero-order valence-electron chi connectivity index (χ0n) is 43.6. The number of aromatic amines is 1. The van der Waals surface area contributed by atoms with E-state index in [4.69, 9.17) is 0 Å². The molecule has 3 aromatic carbocycles. The largest absolute Gasteiger partial charge is 0.391 e. The summed E-state index contributed by atoms with van der Waals surface area (Å²) in [6.07, 6.45) is 2.95. The number of likely N-dealkylation sites (tertiary alicyclic amines) is 1. The molecule has 3 aliphatic rings. The van der Waals surface area contributed by atoms with Crippen molar-refractivity contribution < 1.29 is 41.1 Å². The Kier molecular flexibility index (Phi) is 16.6. The molecule has 21 heteroatoms. The van der Waals surface area contributed by atoms with Crippen LogP contribution in [-0.4, -0.2) is 137 Å². The van der Waals surface area contributed by atoms with Gasteiger partial charge < -0.3 is 30.5 Å². The van der Waals surface area contributed by atoms with Gasteiger partial charge in [0.05, 0.1) is 39.5 Å². The van der Waals surface area contributed by atoms with Crippen molar-refractivity contribution in [1.82, 2.24) is 39.7 Å². The van der Waals surface area contributed by atoms with Gasteiger partial charge in [0.15, 0.2) is 5.82 Å². The minimum Gasteiger partial charge on any atom is -0.391 e. The molecule has 0 saturated carbocycles. The fourth-order valence-electron chi connectivity index (χ4n) is 10.3. The molecule has 3 aromatic heterocycles. The summed E-state index contributed by atoms with van der Waals surface area (Å²) in [5.41, 5.74) is 6.18. The van der Waals surface area contributed by atoms with Crippen LogP contribution in [0, 0.1) is 24.0 Å². The van der Waals surface area contributed by atoms with E-state index in [1.54, 1.807) is 28.5 Å². The normalized spacial score (nSPS) is 18.9. The SMILES string of the molecule is C=C(NCc1ccc(-c2scnc2C)cc1)[C@@H]1C[C@@H](O)CN1C(=O)[C@@H](NC(=O)CCCCN1CCN(c2ccc(-c3cnc4[nH]cc(C(=O)c5c(F)ccc(NS(=O)(=O)N6CC[C@@H](F)C6)c5F)c4c3)cc2)CC1)C(C)(C)C. The van der Waals surface area contributed by atoms with E-state index in [-0.39, 0.29) is 43.3 Å². The van der Waals surface area contributed by atoms with Crippen LogP contribution in [0.15, 0.2) is 96.9 Å². The topological polar surface area (TPSA) is 196 Å². The van der Waals surface area contributed by atoms with E-state index in [2.05, 4.69) is 66.2 Å². The predicted molar refractivity (Wildman–Crippen MR) is 293 cm³/mol. The van der Waals surface area contributed by atoms with Gasteiger partial charge in [0.25, 0.3) is 0 Å². The van der Waals surface area contributed by atoms with Gasteiger partial charge in [0, 0.05) is 105 Å². The number of nitrogens with one attached hydrogen (secondary N) is 4. The maximum Gasteiger partial charge on any atom is 0.301 e. The number of rotatable bonds is 19. The number of hydrogen-bond acceptors (Lipinski definition) is 12. The summed E-state index contributed by atoms with van der Waals surface area (Å²) in [6, 6.07) is 18.3. The van der Waals surface area contributed by atoms with Crippen molar-refractivity contribution in [3.8, 4) is 21.6 Å². The van der Waals surface area contributed by atoms with Gasteiger partial charge in [-0.1, -0.05) is 63.7 Å². The molecular formula is C56H65F3N10O6S2. The number of aliphatic hydroxyl groups is 1. The van der Waals surface area contributed by atoms with E-state index in [1.165, 1.54) is 6.20 Å². The quantitative estimate of drug-likeness (QED) is 0.0390. The number of benzene rings is 3. The maximum absolute atomic E-state index is 15.8. The van der Waals surface area contributed by atoms with Gasteiger partial charge >= 0.3 is 10.2 Å². The number of alkyl halides is 1. The zero-order chi connectivity index (χ0) is 54.8. The number of H-pyrrole nitrogens is 1. The molecule has 0 bridgehead atoms. The highest BCUT2D eigenvalue weighted by Gasteiger charge is 2.43. The predicted octanol–water partition coefficient (Wildman–Crippen LogP) is 7.96. The number of ketones is 1. The average Bonchev–Trinajstić information content (AvgIpc) is 4.24. The van der Waals surface area contributed by atoms with Gasteiger partial charge in [0.2, 0.25) is 17.6 Å². The van der Waals surface area contributed by atoms with Gasteiger partial charge in [-0.15, -0.1) is 11.3 Å². The minimum absolute atomic E-state index is 0.00470.